The van der Waals surface area contributed by atoms with Gasteiger partial charge in [0.25, 0.3) is 0 Å². The van der Waals surface area contributed by atoms with Gasteiger partial charge in [0.05, 0.1) is 0 Å². The van der Waals surface area contributed by atoms with E-state index in [9.17, 15) is 0 Å². The lowest BCUT2D eigenvalue weighted by Crippen LogP contribution is -1.89. The molecule has 0 spiro atoms. The highest BCUT2D eigenvalue weighted by molar-refractivity contribution is 5.02. The molecular weight excluding hydrogens is 168 g/mol. The van der Waals surface area contributed by atoms with Crippen molar-refractivity contribution >= 4 is 0 Å². The molecule has 0 aromatic rings. The van der Waals surface area contributed by atoms with Gasteiger partial charge in [0, 0.05) is 0 Å². The van der Waals surface area contributed by atoms with Crippen molar-refractivity contribution in [2.75, 3.05) is 0 Å². The Morgan fingerprint density at radius 1 is 1.00 bits per heavy atom. The SMILES string of the molecule is CCCC/C=C/C=C/CCC(C)CC. The lowest BCUT2D eigenvalue weighted by molar-refractivity contribution is 0.522. The fourth-order valence-electron chi connectivity index (χ4n) is 1.26. The van der Waals surface area contributed by atoms with Crippen LogP contribution in [0, 0.1) is 5.92 Å². The average Bonchev–Trinajstić information content (AvgIpc) is 2.21. The molecule has 0 rings (SSSR count). The van der Waals surface area contributed by atoms with E-state index in [1.54, 1.807) is 0 Å². The first-order chi connectivity index (χ1) is 6.81. The maximum absolute atomic E-state index is 2.32. The first-order valence-electron chi connectivity index (χ1n) is 6.12. The van der Waals surface area contributed by atoms with Gasteiger partial charge in [0.1, 0.15) is 0 Å². The van der Waals surface area contributed by atoms with Crippen LogP contribution < -0.4 is 0 Å². The Kier molecular flexibility index (Phi) is 10.2. The summed E-state index contributed by atoms with van der Waals surface area (Å²) in [7, 11) is 0. The number of unbranched alkanes of at least 4 members (excludes halogenated alkanes) is 2. The van der Waals surface area contributed by atoms with Crippen LogP contribution in [-0.4, -0.2) is 0 Å². The van der Waals surface area contributed by atoms with Crippen molar-refractivity contribution in [1.82, 2.24) is 0 Å². The quantitative estimate of drug-likeness (QED) is 0.372. The Morgan fingerprint density at radius 2 is 1.64 bits per heavy atom. The molecule has 0 saturated carbocycles. The van der Waals surface area contributed by atoms with Crippen LogP contribution in [0.25, 0.3) is 0 Å². The Hall–Kier alpha value is -0.520. The molecule has 0 aliphatic heterocycles. The summed E-state index contributed by atoms with van der Waals surface area (Å²) >= 11 is 0. The van der Waals surface area contributed by atoms with Crippen LogP contribution in [0.1, 0.15) is 59.3 Å². The number of rotatable bonds is 8. The Bertz CT molecular complexity index is 153. The highest BCUT2D eigenvalue weighted by Crippen LogP contribution is 2.09. The first kappa shape index (κ1) is 13.5. The monoisotopic (exact) mass is 194 g/mol. The van der Waals surface area contributed by atoms with Crippen molar-refractivity contribution in [2.45, 2.75) is 59.3 Å². The predicted molar refractivity (Wildman–Crippen MR) is 66.5 cm³/mol. The van der Waals surface area contributed by atoms with Gasteiger partial charge >= 0.3 is 0 Å². The molecule has 1 atom stereocenters. The summed E-state index contributed by atoms with van der Waals surface area (Å²) < 4.78 is 0. The van der Waals surface area contributed by atoms with Gasteiger partial charge < -0.3 is 0 Å². The molecule has 0 aromatic carbocycles. The van der Waals surface area contributed by atoms with E-state index in [-0.39, 0.29) is 0 Å². The third-order valence-corrected chi connectivity index (χ3v) is 2.63. The largest absolute Gasteiger partial charge is 0.0845 e. The van der Waals surface area contributed by atoms with Crippen molar-refractivity contribution in [2.24, 2.45) is 5.92 Å². The van der Waals surface area contributed by atoms with E-state index >= 15 is 0 Å². The second-order valence-electron chi connectivity index (χ2n) is 4.09. The summed E-state index contributed by atoms with van der Waals surface area (Å²) in [4.78, 5) is 0. The third kappa shape index (κ3) is 9.57. The molecule has 0 nitrogen and oxygen atoms in total. The number of hydrogen-bond acceptors (Lipinski definition) is 0. The molecule has 82 valence electrons. The molecule has 0 bridgehead atoms. The molecule has 0 saturated heterocycles. The van der Waals surface area contributed by atoms with Crippen molar-refractivity contribution < 1.29 is 0 Å². The van der Waals surface area contributed by atoms with Gasteiger partial charge in [-0.15, -0.1) is 0 Å². The van der Waals surface area contributed by atoms with Gasteiger partial charge in [0.2, 0.25) is 0 Å². The smallest absolute Gasteiger partial charge is 0.0345 e. The van der Waals surface area contributed by atoms with E-state index in [0.717, 1.165) is 5.92 Å². The molecule has 0 aliphatic rings. The van der Waals surface area contributed by atoms with Crippen LogP contribution in [0.15, 0.2) is 24.3 Å². The lowest BCUT2D eigenvalue weighted by atomic mass is 10.0. The molecule has 1 unspecified atom stereocenters. The minimum absolute atomic E-state index is 0.878. The number of hydrogen-bond donors (Lipinski definition) is 0. The second kappa shape index (κ2) is 10.6. The summed E-state index contributed by atoms with van der Waals surface area (Å²) in [6.07, 6.45) is 16.6. The standard InChI is InChI=1S/C14H26/c1-4-6-7-8-9-10-11-12-13-14(3)5-2/h8-11,14H,4-7,12-13H2,1-3H3/b9-8+,11-10+. The summed E-state index contributed by atoms with van der Waals surface area (Å²) in [6, 6.07) is 0. The summed E-state index contributed by atoms with van der Waals surface area (Å²) in [5.74, 6) is 0.878. The van der Waals surface area contributed by atoms with Crippen molar-refractivity contribution in [3.8, 4) is 0 Å². The fourth-order valence-corrected chi connectivity index (χ4v) is 1.26. The molecule has 0 heteroatoms. The zero-order valence-corrected chi connectivity index (χ0v) is 10.1. The average molecular weight is 194 g/mol. The van der Waals surface area contributed by atoms with Gasteiger partial charge in [0.15, 0.2) is 0 Å². The van der Waals surface area contributed by atoms with Crippen LogP contribution in [0.4, 0.5) is 0 Å². The van der Waals surface area contributed by atoms with E-state index in [0.29, 0.717) is 0 Å². The van der Waals surface area contributed by atoms with Gasteiger partial charge in [-0.05, 0) is 25.2 Å². The van der Waals surface area contributed by atoms with Gasteiger partial charge in [-0.2, -0.15) is 0 Å². The van der Waals surface area contributed by atoms with Gasteiger partial charge in [-0.3, -0.25) is 0 Å². The minimum Gasteiger partial charge on any atom is -0.0845 e. The molecule has 14 heavy (non-hydrogen) atoms. The highest BCUT2D eigenvalue weighted by Gasteiger charge is 1.94. The van der Waals surface area contributed by atoms with Crippen LogP contribution in [0.3, 0.4) is 0 Å². The van der Waals surface area contributed by atoms with Crippen LogP contribution in [0.5, 0.6) is 0 Å². The molecule has 0 amide bonds. The van der Waals surface area contributed by atoms with E-state index in [4.69, 9.17) is 0 Å². The molecule has 0 aromatic heterocycles. The zero-order valence-electron chi connectivity index (χ0n) is 10.1. The van der Waals surface area contributed by atoms with Gasteiger partial charge in [-0.1, -0.05) is 64.3 Å². The molecular formula is C14H26. The third-order valence-electron chi connectivity index (χ3n) is 2.63. The molecule has 0 N–H and O–H groups in total. The van der Waals surface area contributed by atoms with E-state index < -0.39 is 0 Å². The summed E-state index contributed by atoms with van der Waals surface area (Å²) in [5.41, 5.74) is 0. The highest BCUT2D eigenvalue weighted by atomic mass is 14.0. The number of allylic oxidation sites excluding steroid dienone is 4. The second-order valence-corrected chi connectivity index (χ2v) is 4.09. The van der Waals surface area contributed by atoms with E-state index in [1.807, 2.05) is 0 Å². The van der Waals surface area contributed by atoms with Crippen molar-refractivity contribution in [3.63, 3.8) is 0 Å². The van der Waals surface area contributed by atoms with E-state index in [2.05, 4.69) is 45.1 Å². The molecule has 0 aliphatic carbocycles. The Morgan fingerprint density at radius 3 is 2.21 bits per heavy atom. The Balaban J connectivity index is 3.30. The predicted octanol–water partition coefficient (Wildman–Crippen LogP) is 5.12. The van der Waals surface area contributed by atoms with E-state index in [1.165, 1.54) is 38.5 Å². The fraction of sp³-hybridized carbons (Fsp3) is 0.714. The summed E-state index contributed by atoms with van der Waals surface area (Å²) in [6.45, 7) is 6.82. The van der Waals surface area contributed by atoms with Crippen LogP contribution in [-0.2, 0) is 0 Å². The molecule has 0 heterocycles. The van der Waals surface area contributed by atoms with Gasteiger partial charge in [-0.25, -0.2) is 0 Å². The normalized spacial score (nSPS) is 14.2. The first-order valence-corrected chi connectivity index (χ1v) is 6.12. The topological polar surface area (TPSA) is 0 Å². The molecule has 0 fully saturated rings. The van der Waals surface area contributed by atoms with Crippen molar-refractivity contribution in [1.29, 1.82) is 0 Å². The molecule has 0 radical (unpaired) electrons. The zero-order chi connectivity index (χ0) is 10.6. The van der Waals surface area contributed by atoms with Crippen molar-refractivity contribution in [3.05, 3.63) is 24.3 Å². The summed E-state index contributed by atoms with van der Waals surface area (Å²) in [5, 5.41) is 0. The van der Waals surface area contributed by atoms with Crippen LogP contribution >= 0.6 is 0 Å². The minimum atomic E-state index is 0.878. The van der Waals surface area contributed by atoms with Crippen LogP contribution in [0.2, 0.25) is 0 Å². The lowest BCUT2D eigenvalue weighted by Gasteiger charge is -2.03. The maximum Gasteiger partial charge on any atom is -0.0345 e. The maximum atomic E-state index is 2.32. The Labute approximate surface area is 90.1 Å².